The molecule has 0 atom stereocenters. The molecule has 3 N–H and O–H groups in total. The molecular formula is C14H12FN4+. The first-order valence-corrected chi connectivity index (χ1v) is 5.86. The van der Waals surface area contributed by atoms with E-state index in [1.807, 2.05) is 6.07 Å². The molecule has 0 amide bonds. The zero-order chi connectivity index (χ0) is 13.4. The highest BCUT2D eigenvalue weighted by molar-refractivity contribution is 6.46. The molecule has 0 aliphatic carbocycles. The van der Waals surface area contributed by atoms with Gasteiger partial charge in [0, 0.05) is 5.56 Å². The van der Waals surface area contributed by atoms with Crippen molar-refractivity contribution in [3.05, 3.63) is 59.5 Å². The fourth-order valence-corrected chi connectivity index (χ4v) is 2.24. The van der Waals surface area contributed by atoms with E-state index in [0.717, 1.165) is 11.4 Å². The number of hydrogen-bond acceptors (Lipinski definition) is 2. The fourth-order valence-electron chi connectivity index (χ4n) is 2.24. The van der Waals surface area contributed by atoms with E-state index in [4.69, 9.17) is 11.1 Å². The third kappa shape index (κ3) is 1.79. The standard InChI is InChI=1S/C14H12FN4/c15-11-6-2-1-4-9(11)8-19-12(13(16)17)10-5-3-7-18-14(10)19/h1-7H,8H2,(H3,16,17)/q+1. The summed E-state index contributed by atoms with van der Waals surface area (Å²) >= 11 is 0. The van der Waals surface area contributed by atoms with Crippen molar-refractivity contribution in [3.63, 3.8) is 0 Å². The molecule has 94 valence electrons. The number of amidine groups is 1. The van der Waals surface area contributed by atoms with Crippen molar-refractivity contribution in [1.82, 2.24) is 4.98 Å². The molecule has 2 heterocycles. The molecule has 0 unspecified atom stereocenters. The maximum absolute atomic E-state index is 13.7. The maximum Gasteiger partial charge on any atom is 0.335 e. The molecular weight excluding hydrogens is 243 g/mol. The quantitative estimate of drug-likeness (QED) is 0.499. The van der Waals surface area contributed by atoms with Crippen LogP contribution in [0.3, 0.4) is 0 Å². The number of pyridine rings is 1. The predicted octanol–water partition coefficient (Wildman–Crippen LogP) is 1.80. The van der Waals surface area contributed by atoms with Crippen LogP contribution in [0.1, 0.15) is 11.1 Å². The maximum atomic E-state index is 13.7. The third-order valence-corrected chi connectivity index (χ3v) is 3.11. The highest BCUT2D eigenvalue weighted by Gasteiger charge is 2.36. The van der Waals surface area contributed by atoms with Crippen molar-refractivity contribution >= 4 is 17.4 Å². The Morgan fingerprint density at radius 2 is 2.05 bits per heavy atom. The minimum atomic E-state index is -0.269. The number of nitrogens with two attached hydrogens (primary N) is 1. The van der Waals surface area contributed by atoms with Crippen molar-refractivity contribution < 1.29 is 8.97 Å². The zero-order valence-electron chi connectivity index (χ0n) is 10.1. The molecule has 1 aromatic heterocycles. The molecule has 0 spiro atoms. The molecule has 0 saturated heterocycles. The summed E-state index contributed by atoms with van der Waals surface area (Å²) in [7, 11) is 0. The lowest BCUT2D eigenvalue weighted by Gasteiger charge is -2.20. The summed E-state index contributed by atoms with van der Waals surface area (Å²) in [6.07, 6.45) is 1.67. The normalized spacial score (nSPS) is 12.9. The smallest absolute Gasteiger partial charge is 0.335 e. The number of hydrogen-bond donors (Lipinski definition) is 2. The van der Waals surface area contributed by atoms with Crippen LogP contribution >= 0.6 is 0 Å². The van der Waals surface area contributed by atoms with E-state index >= 15 is 0 Å². The lowest BCUT2D eigenvalue weighted by Crippen LogP contribution is -2.39. The Kier molecular flexibility index (Phi) is 2.59. The van der Waals surface area contributed by atoms with E-state index in [9.17, 15) is 4.39 Å². The van der Waals surface area contributed by atoms with Gasteiger partial charge in [-0.15, -0.1) is 0 Å². The third-order valence-electron chi connectivity index (χ3n) is 3.11. The Morgan fingerprint density at radius 1 is 1.26 bits per heavy atom. The summed E-state index contributed by atoms with van der Waals surface area (Å²) in [5.41, 5.74) is 7.57. The molecule has 5 heteroatoms. The van der Waals surface area contributed by atoms with Crippen LogP contribution in [0.15, 0.2) is 42.6 Å². The van der Waals surface area contributed by atoms with Gasteiger partial charge in [0.2, 0.25) is 0 Å². The van der Waals surface area contributed by atoms with Gasteiger partial charge in [-0.05, 0) is 23.2 Å². The van der Waals surface area contributed by atoms with Crippen molar-refractivity contribution in [1.29, 1.82) is 5.41 Å². The molecule has 0 bridgehead atoms. The zero-order valence-corrected chi connectivity index (χ0v) is 10.1. The second-order valence-electron chi connectivity index (χ2n) is 4.31. The van der Waals surface area contributed by atoms with Gasteiger partial charge in [0.05, 0.1) is 0 Å². The summed E-state index contributed by atoms with van der Waals surface area (Å²) in [5, 5.41) is 7.61. The minimum absolute atomic E-state index is 0.0307. The van der Waals surface area contributed by atoms with Crippen LogP contribution in [0, 0.1) is 11.2 Å². The number of benzene rings is 1. The topological polar surface area (TPSA) is 65.8 Å². The van der Waals surface area contributed by atoms with E-state index in [1.165, 1.54) is 6.07 Å². The monoisotopic (exact) mass is 255 g/mol. The number of fused-ring (bicyclic) bond motifs is 1. The van der Waals surface area contributed by atoms with Gasteiger partial charge in [-0.1, -0.05) is 18.2 Å². The summed E-state index contributed by atoms with van der Waals surface area (Å²) in [5.74, 6) is 0.433. The number of nitrogens with zero attached hydrogens (tertiary/aromatic N) is 2. The average molecular weight is 255 g/mol. The first kappa shape index (κ1) is 11.5. The molecule has 0 radical (unpaired) electrons. The number of rotatable bonds is 3. The highest BCUT2D eigenvalue weighted by atomic mass is 19.1. The van der Waals surface area contributed by atoms with Crippen LogP contribution in [-0.2, 0) is 6.54 Å². The van der Waals surface area contributed by atoms with E-state index < -0.39 is 0 Å². The molecule has 3 rings (SSSR count). The second-order valence-corrected chi connectivity index (χ2v) is 4.31. The molecule has 4 nitrogen and oxygen atoms in total. The minimum Gasteiger partial charge on any atom is -0.381 e. The Balaban J connectivity index is 2.03. The molecule has 1 aromatic carbocycles. The Hall–Kier alpha value is -2.56. The van der Waals surface area contributed by atoms with Crippen molar-refractivity contribution in [3.8, 4) is 0 Å². The van der Waals surface area contributed by atoms with Crippen LogP contribution in [0.5, 0.6) is 0 Å². The van der Waals surface area contributed by atoms with E-state index in [2.05, 4.69) is 4.98 Å². The highest BCUT2D eigenvalue weighted by Crippen LogP contribution is 2.28. The number of nitrogens with one attached hydrogen (secondary N) is 1. The average Bonchev–Trinajstić information content (AvgIpc) is 2.38. The fraction of sp³-hybridized carbons (Fsp3) is 0.0714. The summed E-state index contributed by atoms with van der Waals surface area (Å²) in [4.78, 5) is 4.24. The SMILES string of the molecule is N=C(N)C1=[N+](Cc2ccccc2F)c2ncccc21. The molecule has 0 fully saturated rings. The second kappa shape index (κ2) is 4.28. The Morgan fingerprint density at radius 3 is 2.79 bits per heavy atom. The molecule has 2 aromatic rings. The Labute approximate surface area is 109 Å². The summed E-state index contributed by atoms with van der Waals surface area (Å²) in [6, 6.07) is 10.2. The summed E-state index contributed by atoms with van der Waals surface area (Å²) in [6.45, 7) is 0.325. The predicted molar refractivity (Wildman–Crippen MR) is 70.3 cm³/mol. The lowest BCUT2D eigenvalue weighted by molar-refractivity contribution is -0.472. The van der Waals surface area contributed by atoms with Gasteiger partial charge in [-0.25, -0.2) is 8.97 Å². The lowest BCUT2D eigenvalue weighted by atomic mass is 10.0. The van der Waals surface area contributed by atoms with E-state index in [-0.39, 0.29) is 11.7 Å². The van der Waals surface area contributed by atoms with Crippen molar-refractivity contribution in [2.75, 3.05) is 0 Å². The van der Waals surface area contributed by atoms with Gasteiger partial charge < -0.3 is 5.73 Å². The van der Waals surface area contributed by atoms with Crippen LogP contribution < -0.4 is 5.73 Å². The van der Waals surface area contributed by atoms with Gasteiger partial charge >= 0.3 is 5.82 Å². The molecule has 1 aliphatic rings. The van der Waals surface area contributed by atoms with E-state index in [0.29, 0.717) is 17.8 Å². The molecule has 19 heavy (non-hydrogen) atoms. The van der Waals surface area contributed by atoms with Crippen LogP contribution in [0.2, 0.25) is 0 Å². The van der Waals surface area contributed by atoms with Gasteiger partial charge in [-0.3, -0.25) is 5.41 Å². The summed E-state index contributed by atoms with van der Waals surface area (Å²) < 4.78 is 15.4. The van der Waals surface area contributed by atoms with Crippen LogP contribution in [0.4, 0.5) is 10.2 Å². The van der Waals surface area contributed by atoms with Crippen molar-refractivity contribution in [2.45, 2.75) is 6.54 Å². The Bertz CT molecular complexity index is 706. The van der Waals surface area contributed by atoms with Crippen LogP contribution in [-0.4, -0.2) is 21.1 Å². The van der Waals surface area contributed by atoms with Gasteiger partial charge in [0.15, 0.2) is 11.5 Å². The van der Waals surface area contributed by atoms with Gasteiger partial charge in [0.1, 0.15) is 24.1 Å². The number of aromatic nitrogens is 1. The van der Waals surface area contributed by atoms with Crippen LogP contribution in [0.25, 0.3) is 0 Å². The molecule has 0 saturated carbocycles. The van der Waals surface area contributed by atoms with Gasteiger partial charge in [-0.2, -0.15) is 0 Å². The number of halogens is 1. The van der Waals surface area contributed by atoms with E-state index in [1.54, 1.807) is 35.0 Å². The largest absolute Gasteiger partial charge is 0.381 e. The van der Waals surface area contributed by atoms with Gasteiger partial charge in [0.25, 0.3) is 0 Å². The van der Waals surface area contributed by atoms with Crippen molar-refractivity contribution in [2.24, 2.45) is 5.73 Å². The first-order valence-electron chi connectivity index (χ1n) is 5.86. The first-order chi connectivity index (χ1) is 9.18. The molecule has 1 aliphatic heterocycles.